The molecule has 2 aromatic rings. The quantitative estimate of drug-likeness (QED) is 0.921. The Morgan fingerprint density at radius 2 is 1.81 bits per heavy atom. The van der Waals surface area contributed by atoms with Crippen LogP contribution in [0.3, 0.4) is 0 Å². The molecule has 0 bridgehead atoms. The molecule has 2 aromatic carbocycles. The molecule has 0 aromatic heterocycles. The largest absolute Gasteiger partial charge is 0.497 e. The number of hydrogen-bond donors (Lipinski definition) is 1. The molecule has 0 unspecified atom stereocenters. The van der Waals surface area contributed by atoms with E-state index in [0.717, 1.165) is 11.8 Å². The lowest BCUT2D eigenvalue weighted by molar-refractivity contribution is 0.413. The molecule has 0 radical (unpaired) electrons. The molecule has 0 aliphatic carbocycles. The predicted octanol–water partition coefficient (Wildman–Crippen LogP) is 3.17. The van der Waals surface area contributed by atoms with Gasteiger partial charge in [-0.2, -0.15) is 0 Å². The second kappa shape index (κ2) is 6.05. The van der Waals surface area contributed by atoms with E-state index in [2.05, 4.69) is 4.72 Å². The number of methoxy groups -OCH3 is 1. The molecule has 6 heteroatoms. The summed E-state index contributed by atoms with van der Waals surface area (Å²) in [6.07, 6.45) is 1.09. The molecule has 5 nitrogen and oxygen atoms in total. The van der Waals surface area contributed by atoms with E-state index in [1.165, 1.54) is 7.11 Å². The molecular weight excluding hydrogens is 290 g/mol. The number of anilines is 1. The van der Waals surface area contributed by atoms with Gasteiger partial charge in [0.05, 0.1) is 19.1 Å². The summed E-state index contributed by atoms with van der Waals surface area (Å²) in [6, 6.07) is 12.4. The summed E-state index contributed by atoms with van der Waals surface area (Å²) >= 11 is 0. The van der Waals surface area contributed by atoms with Crippen LogP contribution in [0.2, 0.25) is 0 Å². The highest BCUT2D eigenvalue weighted by atomic mass is 32.2. The van der Waals surface area contributed by atoms with Gasteiger partial charge < -0.3 is 9.47 Å². The Balaban J connectivity index is 2.37. The highest BCUT2D eigenvalue weighted by molar-refractivity contribution is 7.92. The summed E-state index contributed by atoms with van der Waals surface area (Å²) in [6.45, 7) is 1.95. The Morgan fingerprint density at radius 1 is 1.05 bits per heavy atom. The van der Waals surface area contributed by atoms with E-state index in [1.54, 1.807) is 18.2 Å². The van der Waals surface area contributed by atoms with Crippen LogP contribution >= 0.6 is 0 Å². The van der Waals surface area contributed by atoms with E-state index in [0.29, 0.717) is 22.9 Å². The summed E-state index contributed by atoms with van der Waals surface area (Å²) in [5, 5.41) is 0. The van der Waals surface area contributed by atoms with Crippen LogP contribution in [0.15, 0.2) is 42.5 Å². The average Bonchev–Trinajstić information content (AvgIpc) is 2.39. The third-order valence-corrected chi connectivity index (χ3v) is 3.29. The molecule has 0 aliphatic heterocycles. The average molecular weight is 307 g/mol. The van der Waals surface area contributed by atoms with Gasteiger partial charge in [-0.3, -0.25) is 4.72 Å². The fourth-order valence-corrected chi connectivity index (χ4v) is 2.37. The van der Waals surface area contributed by atoms with Crippen molar-refractivity contribution in [1.29, 1.82) is 0 Å². The molecule has 2 rings (SSSR count). The van der Waals surface area contributed by atoms with Gasteiger partial charge in [-0.1, -0.05) is 12.1 Å². The molecular formula is C15H17NO4S. The zero-order valence-electron chi connectivity index (χ0n) is 12.1. The van der Waals surface area contributed by atoms with Crippen LogP contribution in [-0.2, 0) is 10.0 Å². The van der Waals surface area contributed by atoms with Crippen LogP contribution in [0, 0.1) is 6.92 Å². The number of aryl methyl sites for hydroxylation is 1. The summed E-state index contributed by atoms with van der Waals surface area (Å²) in [7, 11) is -1.90. The number of rotatable bonds is 5. The number of sulfonamides is 1. The highest BCUT2D eigenvalue weighted by Gasteiger charge is 2.11. The number of ether oxygens (including phenoxy) is 2. The summed E-state index contributed by atoms with van der Waals surface area (Å²) in [5.41, 5.74) is 1.39. The van der Waals surface area contributed by atoms with Gasteiger partial charge in [-0.05, 0) is 36.8 Å². The minimum atomic E-state index is -3.41. The number of benzene rings is 2. The third kappa shape index (κ3) is 4.39. The van der Waals surface area contributed by atoms with Crippen molar-refractivity contribution < 1.29 is 17.9 Å². The first-order chi connectivity index (χ1) is 9.87. The molecule has 0 aliphatic rings. The lowest BCUT2D eigenvalue weighted by Crippen LogP contribution is -2.10. The number of nitrogens with one attached hydrogen (secondary N) is 1. The van der Waals surface area contributed by atoms with Gasteiger partial charge in [-0.25, -0.2) is 8.42 Å². The van der Waals surface area contributed by atoms with Crippen LogP contribution < -0.4 is 14.2 Å². The van der Waals surface area contributed by atoms with Crippen LogP contribution in [0.5, 0.6) is 17.2 Å². The molecule has 112 valence electrons. The minimum Gasteiger partial charge on any atom is -0.497 e. The van der Waals surface area contributed by atoms with Gasteiger partial charge in [0.1, 0.15) is 11.5 Å². The number of hydrogen-bond acceptors (Lipinski definition) is 4. The summed E-state index contributed by atoms with van der Waals surface area (Å²) in [4.78, 5) is 0. The van der Waals surface area contributed by atoms with Crippen molar-refractivity contribution in [2.75, 3.05) is 18.1 Å². The standard InChI is InChI=1S/C15H17NO4S/c1-11-5-4-6-13(9-11)20-15-8-7-12(19-2)10-14(15)16-21(3,17)18/h4-10,16H,1-3H3. The van der Waals surface area contributed by atoms with E-state index in [1.807, 2.05) is 31.2 Å². The molecule has 0 saturated heterocycles. The first kappa shape index (κ1) is 15.2. The van der Waals surface area contributed by atoms with E-state index in [4.69, 9.17) is 9.47 Å². The van der Waals surface area contributed by atoms with Crippen molar-refractivity contribution in [2.24, 2.45) is 0 Å². The molecule has 0 heterocycles. The zero-order valence-corrected chi connectivity index (χ0v) is 12.9. The van der Waals surface area contributed by atoms with Crippen molar-refractivity contribution in [3.63, 3.8) is 0 Å². The lowest BCUT2D eigenvalue weighted by atomic mass is 10.2. The van der Waals surface area contributed by atoms with Crippen molar-refractivity contribution in [2.45, 2.75) is 6.92 Å². The van der Waals surface area contributed by atoms with Crippen LogP contribution in [0.25, 0.3) is 0 Å². The van der Waals surface area contributed by atoms with E-state index in [-0.39, 0.29) is 0 Å². The van der Waals surface area contributed by atoms with Crippen molar-refractivity contribution >= 4 is 15.7 Å². The Morgan fingerprint density at radius 3 is 2.43 bits per heavy atom. The zero-order chi connectivity index (χ0) is 15.5. The van der Waals surface area contributed by atoms with Gasteiger partial charge in [-0.15, -0.1) is 0 Å². The highest BCUT2D eigenvalue weighted by Crippen LogP contribution is 2.33. The van der Waals surface area contributed by atoms with Gasteiger partial charge >= 0.3 is 0 Å². The Bertz CT molecular complexity index is 741. The van der Waals surface area contributed by atoms with Gasteiger partial charge in [0.15, 0.2) is 5.75 Å². The van der Waals surface area contributed by atoms with Gasteiger partial charge in [0.2, 0.25) is 10.0 Å². The van der Waals surface area contributed by atoms with Gasteiger partial charge in [0, 0.05) is 6.07 Å². The topological polar surface area (TPSA) is 64.6 Å². The lowest BCUT2D eigenvalue weighted by Gasteiger charge is -2.13. The smallest absolute Gasteiger partial charge is 0.229 e. The normalized spacial score (nSPS) is 11.0. The molecule has 21 heavy (non-hydrogen) atoms. The fourth-order valence-electron chi connectivity index (χ4n) is 1.81. The Hall–Kier alpha value is -2.21. The molecule has 0 spiro atoms. The molecule has 1 N–H and O–H groups in total. The molecule has 0 fully saturated rings. The monoisotopic (exact) mass is 307 g/mol. The second-order valence-electron chi connectivity index (χ2n) is 4.65. The van der Waals surface area contributed by atoms with Crippen molar-refractivity contribution in [3.8, 4) is 17.2 Å². The van der Waals surface area contributed by atoms with Crippen molar-refractivity contribution in [3.05, 3.63) is 48.0 Å². The van der Waals surface area contributed by atoms with Crippen LogP contribution in [-0.4, -0.2) is 21.8 Å². The maximum Gasteiger partial charge on any atom is 0.229 e. The maximum atomic E-state index is 11.5. The first-order valence-corrected chi connectivity index (χ1v) is 8.17. The second-order valence-corrected chi connectivity index (χ2v) is 6.40. The van der Waals surface area contributed by atoms with Crippen molar-refractivity contribution in [1.82, 2.24) is 0 Å². The fraction of sp³-hybridized carbons (Fsp3) is 0.200. The van der Waals surface area contributed by atoms with E-state index >= 15 is 0 Å². The molecule has 0 amide bonds. The predicted molar refractivity (Wildman–Crippen MR) is 82.7 cm³/mol. The van der Waals surface area contributed by atoms with Crippen LogP contribution in [0.4, 0.5) is 5.69 Å². The summed E-state index contributed by atoms with van der Waals surface area (Å²) in [5.74, 6) is 1.58. The maximum absolute atomic E-state index is 11.5. The van der Waals surface area contributed by atoms with Crippen LogP contribution in [0.1, 0.15) is 5.56 Å². The van der Waals surface area contributed by atoms with E-state index in [9.17, 15) is 8.42 Å². The Labute approximate surface area is 124 Å². The first-order valence-electron chi connectivity index (χ1n) is 6.28. The Kier molecular flexibility index (Phi) is 4.37. The molecule has 0 saturated carbocycles. The minimum absolute atomic E-state index is 0.332. The SMILES string of the molecule is COc1ccc(Oc2cccc(C)c2)c(NS(C)(=O)=O)c1. The van der Waals surface area contributed by atoms with Gasteiger partial charge in [0.25, 0.3) is 0 Å². The summed E-state index contributed by atoms with van der Waals surface area (Å²) < 4.78 is 36.2. The molecule has 0 atom stereocenters. The van der Waals surface area contributed by atoms with E-state index < -0.39 is 10.0 Å². The third-order valence-electron chi connectivity index (χ3n) is 2.70.